The summed E-state index contributed by atoms with van der Waals surface area (Å²) in [4.78, 5) is 1.12. The van der Waals surface area contributed by atoms with E-state index in [9.17, 15) is 0 Å². The summed E-state index contributed by atoms with van der Waals surface area (Å²) in [6, 6.07) is 7.87. The molecule has 2 rings (SSSR count). The zero-order valence-corrected chi connectivity index (χ0v) is 10.2. The molecule has 70 valence electrons. The fourth-order valence-electron chi connectivity index (χ4n) is 1.29. The van der Waals surface area contributed by atoms with Gasteiger partial charge in [-0.2, -0.15) is 5.26 Å². The molecule has 2 aromatic rings. The molecular weight excluding hydrogens is 282 g/mol. The molecule has 0 saturated heterocycles. The molecule has 0 radical (unpaired) electrons. The van der Waals surface area contributed by atoms with E-state index in [0.717, 1.165) is 19.4 Å². The third-order valence-corrected chi connectivity index (χ3v) is 4.40. The van der Waals surface area contributed by atoms with Gasteiger partial charge in [-0.05, 0) is 39.5 Å². The van der Waals surface area contributed by atoms with E-state index in [0.29, 0.717) is 11.4 Å². The van der Waals surface area contributed by atoms with Gasteiger partial charge in [0.05, 0.1) is 17.5 Å². The number of halogens is 2. The van der Waals surface area contributed by atoms with Gasteiger partial charge < -0.3 is 0 Å². The maximum absolute atomic E-state index is 8.79. The second-order valence-corrected chi connectivity index (χ2v) is 5.09. The van der Waals surface area contributed by atoms with Gasteiger partial charge in [-0.25, -0.2) is 0 Å². The topological polar surface area (TPSA) is 23.8 Å². The van der Waals surface area contributed by atoms with Crippen molar-refractivity contribution >= 4 is 49.0 Å². The largest absolute Gasteiger partial charge is 0.192 e. The smallest absolute Gasteiger partial charge is 0.0992 e. The number of hydrogen-bond acceptors (Lipinski definition) is 2. The highest BCUT2D eigenvalue weighted by atomic mass is 79.9. The fraction of sp³-hybridized carbons (Fsp3) is 0.100. The van der Waals surface area contributed by atoms with Crippen molar-refractivity contribution in [2.75, 3.05) is 0 Å². The normalized spacial score (nSPS) is 10.4. The molecule has 0 fully saturated rings. The van der Waals surface area contributed by atoms with Gasteiger partial charge in [-0.1, -0.05) is 0 Å². The van der Waals surface area contributed by atoms with Crippen molar-refractivity contribution in [1.82, 2.24) is 0 Å². The summed E-state index contributed by atoms with van der Waals surface area (Å²) in [5, 5.41) is 9.87. The SMILES string of the molecule is N#Cc1cc(Br)c2sc(CCl)cc2c1. The van der Waals surface area contributed by atoms with E-state index in [1.165, 1.54) is 0 Å². The van der Waals surface area contributed by atoms with Crippen molar-refractivity contribution in [3.05, 3.63) is 33.1 Å². The number of nitriles is 1. The van der Waals surface area contributed by atoms with Gasteiger partial charge in [0, 0.05) is 14.0 Å². The number of hydrogen-bond donors (Lipinski definition) is 0. The summed E-state index contributed by atoms with van der Waals surface area (Å²) in [5.74, 6) is 0.522. The minimum Gasteiger partial charge on any atom is -0.192 e. The Kier molecular flexibility index (Phi) is 2.78. The van der Waals surface area contributed by atoms with Gasteiger partial charge in [-0.3, -0.25) is 0 Å². The molecule has 1 heterocycles. The molecule has 1 aromatic heterocycles. The van der Waals surface area contributed by atoms with E-state index in [4.69, 9.17) is 16.9 Å². The molecule has 1 nitrogen and oxygen atoms in total. The second kappa shape index (κ2) is 3.90. The molecule has 0 spiro atoms. The van der Waals surface area contributed by atoms with E-state index in [1.807, 2.05) is 18.2 Å². The highest BCUT2D eigenvalue weighted by Crippen LogP contribution is 2.33. The van der Waals surface area contributed by atoms with Gasteiger partial charge in [-0.15, -0.1) is 22.9 Å². The van der Waals surface area contributed by atoms with Gasteiger partial charge in [0.2, 0.25) is 0 Å². The van der Waals surface area contributed by atoms with Crippen LogP contribution in [-0.4, -0.2) is 0 Å². The molecular formula is C10H5BrClNS. The van der Waals surface area contributed by atoms with E-state index >= 15 is 0 Å². The lowest BCUT2D eigenvalue weighted by atomic mass is 10.2. The number of thiophene rings is 1. The van der Waals surface area contributed by atoms with Crippen LogP contribution >= 0.6 is 38.9 Å². The van der Waals surface area contributed by atoms with Crippen LogP contribution in [0.2, 0.25) is 0 Å². The molecule has 0 bridgehead atoms. The third kappa shape index (κ3) is 1.66. The van der Waals surface area contributed by atoms with Crippen LogP contribution in [0.15, 0.2) is 22.7 Å². The number of rotatable bonds is 1. The fourth-order valence-corrected chi connectivity index (χ4v) is 3.15. The Morgan fingerprint density at radius 3 is 2.86 bits per heavy atom. The summed E-state index contributed by atoms with van der Waals surface area (Å²) in [7, 11) is 0. The molecule has 0 N–H and O–H groups in total. The lowest BCUT2D eigenvalue weighted by Gasteiger charge is -1.93. The Balaban J connectivity index is 2.75. The van der Waals surface area contributed by atoms with Crippen LogP contribution in [0.5, 0.6) is 0 Å². The van der Waals surface area contributed by atoms with Gasteiger partial charge in [0.15, 0.2) is 0 Å². The zero-order valence-electron chi connectivity index (χ0n) is 7.05. The summed E-state index contributed by atoms with van der Waals surface area (Å²) in [5.41, 5.74) is 0.670. The average molecular weight is 287 g/mol. The van der Waals surface area contributed by atoms with Crippen molar-refractivity contribution in [2.24, 2.45) is 0 Å². The highest BCUT2D eigenvalue weighted by molar-refractivity contribution is 9.10. The van der Waals surface area contributed by atoms with Crippen LogP contribution in [0.25, 0.3) is 10.1 Å². The first kappa shape index (κ1) is 9.97. The summed E-state index contributed by atoms with van der Waals surface area (Å²) in [6.07, 6.45) is 0. The minimum atomic E-state index is 0.522. The number of nitrogens with zero attached hydrogens (tertiary/aromatic N) is 1. The molecule has 0 saturated carbocycles. The van der Waals surface area contributed by atoms with Crippen molar-refractivity contribution in [3.63, 3.8) is 0 Å². The van der Waals surface area contributed by atoms with Crippen LogP contribution < -0.4 is 0 Å². The highest BCUT2D eigenvalue weighted by Gasteiger charge is 2.06. The average Bonchev–Trinajstić information content (AvgIpc) is 2.61. The molecule has 0 amide bonds. The maximum Gasteiger partial charge on any atom is 0.0992 e. The lowest BCUT2D eigenvalue weighted by molar-refractivity contribution is 1.49. The zero-order chi connectivity index (χ0) is 10.1. The first-order valence-electron chi connectivity index (χ1n) is 3.92. The van der Waals surface area contributed by atoms with Crippen molar-refractivity contribution in [1.29, 1.82) is 5.26 Å². The predicted molar refractivity (Wildman–Crippen MR) is 63.8 cm³/mol. The number of fused-ring (bicyclic) bond motifs is 1. The number of benzene rings is 1. The Morgan fingerprint density at radius 1 is 1.43 bits per heavy atom. The first-order valence-corrected chi connectivity index (χ1v) is 6.07. The maximum atomic E-state index is 8.79. The quantitative estimate of drug-likeness (QED) is 0.718. The lowest BCUT2D eigenvalue weighted by Crippen LogP contribution is -1.73. The molecule has 0 aliphatic rings. The summed E-state index contributed by atoms with van der Waals surface area (Å²) < 4.78 is 2.12. The van der Waals surface area contributed by atoms with Gasteiger partial charge in [0.25, 0.3) is 0 Å². The molecule has 14 heavy (non-hydrogen) atoms. The minimum absolute atomic E-state index is 0.522. The van der Waals surface area contributed by atoms with E-state index < -0.39 is 0 Å². The van der Waals surface area contributed by atoms with E-state index in [-0.39, 0.29) is 0 Å². The summed E-state index contributed by atoms with van der Waals surface area (Å²) >= 11 is 10.9. The molecule has 0 atom stereocenters. The monoisotopic (exact) mass is 285 g/mol. The van der Waals surface area contributed by atoms with E-state index in [1.54, 1.807) is 11.3 Å². The Morgan fingerprint density at radius 2 is 2.21 bits per heavy atom. The van der Waals surface area contributed by atoms with Crippen LogP contribution in [0.4, 0.5) is 0 Å². The Bertz CT molecular complexity index is 527. The molecule has 1 aromatic carbocycles. The van der Waals surface area contributed by atoms with Crippen LogP contribution in [0, 0.1) is 11.3 Å². The number of alkyl halides is 1. The first-order chi connectivity index (χ1) is 6.74. The van der Waals surface area contributed by atoms with Crippen LogP contribution in [0.1, 0.15) is 10.4 Å². The van der Waals surface area contributed by atoms with Crippen molar-refractivity contribution in [2.45, 2.75) is 5.88 Å². The van der Waals surface area contributed by atoms with Crippen molar-refractivity contribution < 1.29 is 0 Å². The predicted octanol–water partition coefficient (Wildman–Crippen LogP) is 4.27. The van der Waals surface area contributed by atoms with Crippen molar-refractivity contribution in [3.8, 4) is 6.07 Å². The molecule has 0 unspecified atom stereocenters. The molecule has 0 aliphatic carbocycles. The Hall–Kier alpha value is -0.560. The molecule has 4 heteroatoms. The van der Waals surface area contributed by atoms with Crippen LogP contribution in [0.3, 0.4) is 0 Å². The van der Waals surface area contributed by atoms with Crippen LogP contribution in [-0.2, 0) is 5.88 Å². The molecule has 0 aliphatic heterocycles. The second-order valence-electron chi connectivity index (χ2n) is 2.83. The third-order valence-electron chi connectivity index (χ3n) is 1.88. The standard InChI is InChI=1S/C10H5BrClNS/c11-9-2-6(5-13)1-7-3-8(4-12)14-10(7)9/h1-3H,4H2. The Labute approximate surface area is 99.0 Å². The van der Waals surface area contributed by atoms with Gasteiger partial charge in [0.1, 0.15) is 0 Å². The van der Waals surface area contributed by atoms with E-state index in [2.05, 4.69) is 22.0 Å². The van der Waals surface area contributed by atoms with Gasteiger partial charge >= 0.3 is 0 Å². The summed E-state index contributed by atoms with van der Waals surface area (Å²) in [6.45, 7) is 0.